The smallest absolute Gasteiger partial charge is 0.262 e. The van der Waals surface area contributed by atoms with Gasteiger partial charge in [-0.1, -0.05) is 91.7 Å². The van der Waals surface area contributed by atoms with Gasteiger partial charge >= 0.3 is 0 Å². The Morgan fingerprint density at radius 2 is 1.38 bits per heavy atom. The summed E-state index contributed by atoms with van der Waals surface area (Å²) < 4.78 is 28.3. The third kappa shape index (κ3) is 5.18. The third-order valence-corrected chi connectivity index (χ3v) is 12.6. The first-order valence-electron chi connectivity index (χ1n) is 13.2. The summed E-state index contributed by atoms with van der Waals surface area (Å²) in [7, 11) is -4.73. The van der Waals surface area contributed by atoms with E-state index >= 15 is 0 Å². The van der Waals surface area contributed by atoms with Crippen LogP contribution in [0.4, 0.5) is 11.4 Å². The average molecular weight is 561 g/mol. The second kappa shape index (κ2) is 10.7. The number of anilines is 2. The molecule has 1 aliphatic rings. The maximum absolute atomic E-state index is 13.0. The molecule has 0 aromatic heterocycles. The first kappa shape index (κ1) is 27.3. The first-order valence-corrected chi connectivity index (χ1v) is 16.0. The molecule has 0 saturated heterocycles. The number of hydrogen-bond donors (Lipinski definition) is 2. The maximum Gasteiger partial charge on any atom is 0.262 e. The normalized spacial score (nSPS) is 20.3. The number of sulfonamides is 1. The Hall–Kier alpha value is -3.28. The molecule has 4 aromatic carbocycles. The van der Waals surface area contributed by atoms with E-state index in [9.17, 15) is 18.0 Å². The van der Waals surface area contributed by atoms with Crippen LogP contribution in [0.2, 0.25) is 0 Å². The van der Waals surface area contributed by atoms with Crippen molar-refractivity contribution in [3.8, 4) is 0 Å². The molecule has 0 amide bonds. The van der Waals surface area contributed by atoms with Gasteiger partial charge in [-0.2, -0.15) is 0 Å². The van der Waals surface area contributed by atoms with Crippen LogP contribution in [0.1, 0.15) is 38.7 Å². The Bertz CT molecular complexity index is 1590. The summed E-state index contributed by atoms with van der Waals surface area (Å²) in [6.07, 6.45) is 3.07. The summed E-state index contributed by atoms with van der Waals surface area (Å²) in [6, 6.07) is 27.4. The van der Waals surface area contributed by atoms with Crippen LogP contribution in [0.25, 0.3) is 0 Å². The second-order valence-corrected chi connectivity index (χ2v) is 15.0. The van der Waals surface area contributed by atoms with Gasteiger partial charge in [0.05, 0.1) is 4.90 Å². The highest BCUT2D eigenvalue weighted by Gasteiger charge is 2.48. The standard InChI is InChI=1S/C31H33N2O4PS/c1-21-16-18-25(19-17-21)39(36,37)33-28-27(29(34)30(28)35)32-22(2)26-15-10-20-31(26,3)38(23-11-6-4-7-12-23)24-13-8-5-9-14-24/h4-9,11-14,16-19,22,26,32-33H,10,15,20H2,1-3H3/t22-,26+,31?/m1/s1. The van der Waals surface area contributed by atoms with Crippen molar-refractivity contribution in [3.63, 3.8) is 0 Å². The fourth-order valence-corrected chi connectivity index (χ4v) is 10.6. The molecule has 202 valence electrons. The molecule has 1 fully saturated rings. The third-order valence-electron chi connectivity index (χ3n) is 7.99. The largest absolute Gasteiger partial charge is 0.377 e. The zero-order valence-electron chi connectivity index (χ0n) is 22.3. The number of nitrogens with one attached hydrogen (secondary N) is 2. The predicted molar refractivity (Wildman–Crippen MR) is 161 cm³/mol. The SMILES string of the molecule is Cc1ccc(S(=O)(=O)Nc2c(N[C@H](C)[C@@H]3CCCC3(C)P(c3ccccc3)c3ccccc3)c(=O)c2=O)cc1. The zero-order valence-corrected chi connectivity index (χ0v) is 24.1. The van der Waals surface area contributed by atoms with E-state index in [0.717, 1.165) is 24.8 Å². The summed E-state index contributed by atoms with van der Waals surface area (Å²) in [5.41, 5.74) is -0.701. The Labute approximate surface area is 231 Å². The second-order valence-electron chi connectivity index (χ2n) is 10.6. The summed E-state index contributed by atoms with van der Waals surface area (Å²) >= 11 is 0. The van der Waals surface area contributed by atoms with Gasteiger partial charge in [0, 0.05) is 11.2 Å². The van der Waals surface area contributed by atoms with Gasteiger partial charge in [-0.3, -0.25) is 14.3 Å². The van der Waals surface area contributed by atoms with Crippen molar-refractivity contribution >= 4 is 39.9 Å². The van der Waals surface area contributed by atoms with Gasteiger partial charge in [-0.05, 0) is 63.3 Å². The predicted octanol–water partition coefficient (Wildman–Crippen LogP) is 4.88. The Morgan fingerprint density at radius 3 is 1.95 bits per heavy atom. The van der Waals surface area contributed by atoms with Crippen LogP contribution in [0.15, 0.2) is 99.4 Å². The molecule has 1 aliphatic carbocycles. The van der Waals surface area contributed by atoms with E-state index in [0.29, 0.717) is 0 Å². The first-order chi connectivity index (χ1) is 18.6. The molecular formula is C31H33N2O4PS. The molecule has 0 bridgehead atoms. The quantitative estimate of drug-likeness (QED) is 0.225. The molecule has 0 spiro atoms. The Kier molecular flexibility index (Phi) is 7.49. The van der Waals surface area contributed by atoms with Gasteiger partial charge in [0.25, 0.3) is 20.9 Å². The van der Waals surface area contributed by atoms with Gasteiger partial charge in [0.15, 0.2) is 0 Å². The molecule has 0 radical (unpaired) electrons. The van der Waals surface area contributed by atoms with E-state index in [1.54, 1.807) is 12.1 Å². The van der Waals surface area contributed by atoms with Crippen molar-refractivity contribution in [3.05, 3.63) is 111 Å². The monoisotopic (exact) mass is 560 g/mol. The summed E-state index contributed by atoms with van der Waals surface area (Å²) in [5, 5.41) is 5.82. The van der Waals surface area contributed by atoms with Crippen LogP contribution in [-0.4, -0.2) is 19.6 Å². The van der Waals surface area contributed by atoms with Gasteiger partial charge in [0.2, 0.25) is 0 Å². The Morgan fingerprint density at radius 1 is 0.846 bits per heavy atom. The molecule has 3 atom stereocenters. The number of hydrogen-bond acceptors (Lipinski definition) is 5. The van der Waals surface area contributed by atoms with Crippen LogP contribution in [0.5, 0.6) is 0 Å². The minimum atomic E-state index is -4.01. The fourth-order valence-electron chi connectivity index (χ4n) is 6.00. The van der Waals surface area contributed by atoms with Gasteiger partial charge < -0.3 is 5.32 Å². The summed E-state index contributed by atoms with van der Waals surface area (Å²) in [5.74, 6) is 0.204. The van der Waals surface area contributed by atoms with Gasteiger partial charge in [-0.25, -0.2) is 8.42 Å². The van der Waals surface area contributed by atoms with Gasteiger partial charge in [0.1, 0.15) is 11.4 Å². The minimum absolute atomic E-state index is 0.0416. The molecule has 8 heteroatoms. The zero-order chi connectivity index (χ0) is 27.8. The summed E-state index contributed by atoms with van der Waals surface area (Å²) in [6.45, 7) is 6.24. The van der Waals surface area contributed by atoms with Crippen molar-refractivity contribution in [2.24, 2.45) is 5.92 Å². The molecule has 6 nitrogen and oxygen atoms in total. The minimum Gasteiger partial charge on any atom is -0.377 e. The highest BCUT2D eigenvalue weighted by molar-refractivity contribution is 7.92. The van der Waals surface area contributed by atoms with E-state index < -0.39 is 28.8 Å². The van der Waals surface area contributed by atoms with E-state index in [1.807, 2.05) is 26.0 Å². The molecular weight excluding hydrogens is 527 g/mol. The molecule has 39 heavy (non-hydrogen) atoms. The number of rotatable bonds is 9. The van der Waals surface area contributed by atoms with E-state index in [2.05, 4.69) is 65.5 Å². The number of benzene rings is 3. The average Bonchev–Trinajstić information content (AvgIpc) is 3.33. The van der Waals surface area contributed by atoms with Crippen LogP contribution in [0.3, 0.4) is 0 Å². The highest BCUT2D eigenvalue weighted by Crippen LogP contribution is 2.60. The molecule has 4 aromatic rings. The molecule has 0 heterocycles. The summed E-state index contributed by atoms with van der Waals surface area (Å²) in [4.78, 5) is 25.1. The lowest BCUT2D eigenvalue weighted by atomic mass is 9.89. The van der Waals surface area contributed by atoms with Crippen molar-refractivity contribution in [1.82, 2.24) is 0 Å². The fraction of sp³-hybridized carbons (Fsp3) is 0.290. The molecule has 5 rings (SSSR count). The van der Waals surface area contributed by atoms with E-state index in [-0.39, 0.29) is 33.4 Å². The molecule has 0 aliphatic heterocycles. The van der Waals surface area contributed by atoms with Gasteiger partial charge in [-0.15, -0.1) is 0 Å². The lowest BCUT2D eigenvalue weighted by Gasteiger charge is -2.43. The number of aryl methyl sites for hydroxylation is 1. The highest BCUT2D eigenvalue weighted by atomic mass is 32.2. The van der Waals surface area contributed by atoms with Crippen LogP contribution in [-0.2, 0) is 10.0 Å². The van der Waals surface area contributed by atoms with Crippen molar-refractivity contribution in [2.75, 3.05) is 10.0 Å². The van der Waals surface area contributed by atoms with Crippen LogP contribution < -0.4 is 31.5 Å². The van der Waals surface area contributed by atoms with Crippen molar-refractivity contribution in [1.29, 1.82) is 0 Å². The topological polar surface area (TPSA) is 92.3 Å². The molecule has 1 unspecified atom stereocenters. The molecule has 2 N–H and O–H groups in total. The molecule has 1 saturated carbocycles. The Balaban J connectivity index is 1.44. The lowest BCUT2D eigenvalue weighted by Crippen LogP contribution is -2.46. The van der Waals surface area contributed by atoms with Crippen LogP contribution in [0, 0.1) is 12.8 Å². The van der Waals surface area contributed by atoms with Crippen molar-refractivity contribution < 1.29 is 8.42 Å². The lowest BCUT2D eigenvalue weighted by molar-refractivity contribution is 0.407. The van der Waals surface area contributed by atoms with Crippen LogP contribution >= 0.6 is 7.92 Å². The van der Waals surface area contributed by atoms with E-state index in [4.69, 9.17) is 0 Å². The van der Waals surface area contributed by atoms with Crippen molar-refractivity contribution in [2.45, 2.75) is 56.1 Å². The maximum atomic E-state index is 13.0. The van der Waals surface area contributed by atoms with E-state index in [1.165, 1.54) is 22.7 Å².